The third-order valence-corrected chi connectivity index (χ3v) is 3.97. The molecule has 0 aliphatic rings. The summed E-state index contributed by atoms with van der Waals surface area (Å²) in [7, 11) is 1.77. The Morgan fingerprint density at radius 1 is 1.36 bits per heavy atom. The van der Waals surface area contributed by atoms with E-state index in [4.69, 9.17) is 0 Å². The Labute approximate surface area is 130 Å². The van der Waals surface area contributed by atoms with Gasteiger partial charge in [-0.2, -0.15) is 0 Å². The van der Waals surface area contributed by atoms with Crippen LogP contribution in [0.5, 0.6) is 0 Å². The van der Waals surface area contributed by atoms with Crippen LogP contribution in [0.3, 0.4) is 0 Å². The SMILES string of the molecule is CCNC(=O)CSc1nc2ccccc2n1-c1nnnn1C. The van der Waals surface area contributed by atoms with Crippen LogP contribution in [0.4, 0.5) is 0 Å². The van der Waals surface area contributed by atoms with Gasteiger partial charge in [0.15, 0.2) is 5.16 Å². The van der Waals surface area contributed by atoms with Crippen LogP contribution in [0, 0.1) is 0 Å². The van der Waals surface area contributed by atoms with Gasteiger partial charge in [-0.25, -0.2) is 9.67 Å². The Morgan fingerprint density at radius 3 is 2.91 bits per heavy atom. The highest BCUT2D eigenvalue weighted by molar-refractivity contribution is 7.99. The lowest BCUT2D eigenvalue weighted by molar-refractivity contribution is -0.118. The van der Waals surface area contributed by atoms with Crippen molar-refractivity contribution in [1.29, 1.82) is 0 Å². The largest absolute Gasteiger partial charge is 0.356 e. The molecule has 0 fully saturated rings. The van der Waals surface area contributed by atoms with E-state index in [1.165, 1.54) is 11.8 Å². The summed E-state index contributed by atoms with van der Waals surface area (Å²) in [5.41, 5.74) is 1.74. The molecule has 0 radical (unpaired) electrons. The molecule has 2 heterocycles. The summed E-state index contributed by atoms with van der Waals surface area (Å²) in [6.07, 6.45) is 0. The van der Waals surface area contributed by atoms with Crippen molar-refractivity contribution in [3.05, 3.63) is 24.3 Å². The molecule has 0 atom stereocenters. The number of imidazole rings is 1. The summed E-state index contributed by atoms with van der Waals surface area (Å²) in [4.78, 5) is 16.3. The quantitative estimate of drug-likeness (QED) is 0.699. The van der Waals surface area contributed by atoms with Crippen LogP contribution in [-0.4, -0.2) is 48.0 Å². The number of aryl methyl sites for hydroxylation is 1. The van der Waals surface area contributed by atoms with Gasteiger partial charge in [-0.1, -0.05) is 29.0 Å². The second-order valence-corrected chi connectivity index (χ2v) is 5.51. The second-order valence-electron chi connectivity index (χ2n) is 4.56. The maximum atomic E-state index is 11.7. The number of carbonyl (C=O) groups is 1. The molecule has 3 rings (SSSR count). The molecule has 0 bridgehead atoms. The molecule has 1 aromatic carbocycles. The van der Waals surface area contributed by atoms with Crippen LogP contribution >= 0.6 is 11.8 Å². The minimum absolute atomic E-state index is 0.0257. The Hall–Kier alpha value is -2.42. The highest BCUT2D eigenvalue weighted by atomic mass is 32.2. The van der Waals surface area contributed by atoms with E-state index < -0.39 is 0 Å². The van der Waals surface area contributed by atoms with Gasteiger partial charge in [-0.3, -0.25) is 9.36 Å². The Kier molecular flexibility index (Phi) is 4.05. The van der Waals surface area contributed by atoms with Gasteiger partial charge in [0, 0.05) is 13.6 Å². The van der Waals surface area contributed by atoms with E-state index in [1.54, 1.807) is 11.7 Å². The number of para-hydroxylation sites is 2. The monoisotopic (exact) mass is 317 g/mol. The van der Waals surface area contributed by atoms with Crippen LogP contribution in [0.25, 0.3) is 17.0 Å². The molecule has 0 unspecified atom stereocenters. The number of tetrazole rings is 1. The Balaban J connectivity index is 2.02. The minimum atomic E-state index is -0.0257. The molecule has 0 spiro atoms. The first-order valence-electron chi connectivity index (χ1n) is 6.80. The lowest BCUT2D eigenvalue weighted by Crippen LogP contribution is -2.24. The fourth-order valence-electron chi connectivity index (χ4n) is 2.09. The van der Waals surface area contributed by atoms with Crippen molar-refractivity contribution in [2.45, 2.75) is 12.1 Å². The number of amides is 1. The second kappa shape index (κ2) is 6.14. The van der Waals surface area contributed by atoms with Crippen molar-refractivity contribution in [3.8, 4) is 5.95 Å². The fourth-order valence-corrected chi connectivity index (χ4v) is 2.92. The van der Waals surface area contributed by atoms with Gasteiger partial charge in [0.25, 0.3) is 5.95 Å². The smallest absolute Gasteiger partial charge is 0.256 e. The predicted molar refractivity (Wildman–Crippen MR) is 82.8 cm³/mol. The molecule has 2 aromatic heterocycles. The third kappa shape index (κ3) is 2.67. The van der Waals surface area contributed by atoms with E-state index in [1.807, 2.05) is 35.8 Å². The standard InChI is InChI=1S/C13H15N7OS/c1-3-14-11(21)8-22-13-15-9-6-4-5-7-10(9)20(13)12-16-17-18-19(12)2/h4-7H,3,8H2,1-2H3,(H,14,21). The normalized spacial score (nSPS) is 11.0. The number of thioether (sulfide) groups is 1. The van der Waals surface area contributed by atoms with Crippen LogP contribution in [0.15, 0.2) is 29.4 Å². The minimum Gasteiger partial charge on any atom is -0.356 e. The van der Waals surface area contributed by atoms with Crippen molar-refractivity contribution in [2.75, 3.05) is 12.3 Å². The van der Waals surface area contributed by atoms with Crippen molar-refractivity contribution in [1.82, 2.24) is 35.1 Å². The summed E-state index contributed by atoms with van der Waals surface area (Å²) in [6, 6.07) is 7.73. The van der Waals surface area contributed by atoms with Gasteiger partial charge in [-0.15, -0.1) is 0 Å². The maximum absolute atomic E-state index is 11.7. The van der Waals surface area contributed by atoms with E-state index in [0.29, 0.717) is 23.4 Å². The Morgan fingerprint density at radius 2 is 2.18 bits per heavy atom. The van der Waals surface area contributed by atoms with Gasteiger partial charge in [0.1, 0.15) is 0 Å². The van der Waals surface area contributed by atoms with Crippen molar-refractivity contribution in [3.63, 3.8) is 0 Å². The number of rotatable bonds is 5. The topological polar surface area (TPSA) is 90.5 Å². The molecule has 0 aliphatic heterocycles. The zero-order valence-corrected chi connectivity index (χ0v) is 13.0. The Bertz CT molecular complexity index is 810. The van der Waals surface area contributed by atoms with Crippen molar-refractivity contribution >= 4 is 28.7 Å². The molecule has 1 amide bonds. The number of hydrogen-bond acceptors (Lipinski definition) is 6. The van der Waals surface area contributed by atoms with Crippen LogP contribution in [0.1, 0.15) is 6.92 Å². The molecule has 9 heteroatoms. The molecule has 8 nitrogen and oxygen atoms in total. The van der Waals surface area contributed by atoms with Crippen molar-refractivity contribution < 1.29 is 4.79 Å². The van der Waals surface area contributed by atoms with E-state index in [-0.39, 0.29) is 5.91 Å². The highest BCUT2D eigenvalue weighted by Crippen LogP contribution is 2.26. The molecule has 114 valence electrons. The van der Waals surface area contributed by atoms with Crippen LogP contribution in [-0.2, 0) is 11.8 Å². The zero-order chi connectivity index (χ0) is 15.5. The molecule has 22 heavy (non-hydrogen) atoms. The van der Waals surface area contributed by atoms with Crippen LogP contribution in [0.2, 0.25) is 0 Å². The van der Waals surface area contributed by atoms with E-state index >= 15 is 0 Å². The number of fused-ring (bicyclic) bond motifs is 1. The first kappa shape index (κ1) is 14.5. The van der Waals surface area contributed by atoms with Gasteiger partial charge < -0.3 is 5.32 Å². The first-order chi connectivity index (χ1) is 10.7. The van der Waals surface area contributed by atoms with Gasteiger partial charge in [-0.05, 0) is 29.5 Å². The van der Waals surface area contributed by atoms with E-state index in [2.05, 4.69) is 25.8 Å². The fraction of sp³-hybridized carbons (Fsp3) is 0.308. The number of hydrogen-bond donors (Lipinski definition) is 1. The molecule has 0 saturated carbocycles. The maximum Gasteiger partial charge on any atom is 0.256 e. The number of nitrogens with one attached hydrogen (secondary N) is 1. The molecule has 3 aromatic rings. The molecule has 0 saturated heterocycles. The number of nitrogens with zero attached hydrogens (tertiary/aromatic N) is 6. The number of benzene rings is 1. The number of aromatic nitrogens is 6. The molecular weight excluding hydrogens is 302 g/mol. The predicted octanol–water partition coefficient (Wildman–Crippen LogP) is 0.777. The summed E-state index contributed by atoms with van der Waals surface area (Å²) in [5, 5.41) is 15.0. The van der Waals surface area contributed by atoms with Gasteiger partial charge in [0.2, 0.25) is 5.91 Å². The lowest BCUT2D eigenvalue weighted by Gasteiger charge is -2.06. The van der Waals surface area contributed by atoms with E-state index in [9.17, 15) is 4.79 Å². The van der Waals surface area contributed by atoms with Crippen molar-refractivity contribution in [2.24, 2.45) is 7.05 Å². The third-order valence-electron chi connectivity index (χ3n) is 3.03. The van der Waals surface area contributed by atoms with E-state index in [0.717, 1.165) is 11.0 Å². The van der Waals surface area contributed by atoms with Gasteiger partial charge >= 0.3 is 0 Å². The summed E-state index contributed by atoms with van der Waals surface area (Å²) in [5.74, 6) is 0.830. The highest BCUT2D eigenvalue weighted by Gasteiger charge is 2.17. The van der Waals surface area contributed by atoms with Gasteiger partial charge in [0.05, 0.1) is 16.8 Å². The summed E-state index contributed by atoms with van der Waals surface area (Å²) < 4.78 is 3.43. The van der Waals surface area contributed by atoms with Crippen LogP contribution < -0.4 is 5.32 Å². The zero-order valence-electron chi connectivity index (χ0n) is 12.2. The molecular formula is C13H15N7OS. The first-order valence-corrected chi connectivity index (χ1v) is 7.79. The average Bonchev–Trinajstić information content (AvgIpc) is 3.08. The lowest BCUT2D eigenvalue weighted by atomic mass is 10.3. The summed E-state index contributed by atoms with van der Waals surface area (Å²) in [6.45, 7) is 2.51. The summed E-state index contributed by atoms with van der Waals surface area (Å²) >= 11 is 1.36. The average molecular weight is 317 g/mol. The molecule has 0 aliphatic carbocycles. The number of carbonyl (C=O) groups excluding carboxylic acids is 1. The molecule has 1 N–H and O–H groups in total.